The van der Waals surface area contributed by atoms with Gasteiger partial charge in [0.15, 0.2) is 32.8 Å². The van der Waals surface area contributed by atoms with Crippen molar-refractivity contribution in [2.75, 3.05) is 34.7 Å². The smallest absolute Gasteiger partial charge is 0.179 e. The van der Waals surface area contributed by atoms with Crippen LogP contribution in [-0.4, -0.2) is 49.2 Å². The van der Waals surface area contributed by atoms with Crippen LogP contribution >= 0.6 is 0 Å². The highest BCUT2D eigenvalue weighted by Crippen LogP contribution is 2.38. The first-order chi connectivity index (χ1) is 15.3. The Balaban J connectivity index is 2.11. The standard InChI is InChI=1S/C24H29NO6S/c1-28-19-12-16-15-8-6-7-9-18(15)25-23(17(16)13-20(19)29-2)14-10-21(30-3)24(31-4)22(11-14)32(5,26)27/h10-13,18,25H,6-9H2,1-5H3. The number of nitrogens with one attached hydrogen (secondary N) is 1. The minimum absolute atomic E-state index is 0.0871. The van der Waals surface area contributed by atoms with Crippen LogP contribution in [0.4, 0.5) is 0 Å². The molecular weight excluding hydrogens is 430 g/mol. The zero-order valence-electron chi connectivity index (χ0n) is 19.1. The Morgan fingerprint density at radius 3 is 2.09 bits per heavy atom. The summed E-state index contributed by atoms with van der Waals surface area (Å²) in [6, 6.07) is 7.61. The van der Waals surface area contributed by atoms with E-state index < -0.39 is 9.84 Å². The molecule has 0 bridgehead atoms. The van der Waals surface area contributed by atoms with Crippen molar-refractivity contribution in [3.8, 4) is 23.0 Å². The van der Waals surface area contributed by atoms with Crippen molar-refractivity contribution in [1.82, 2.24) is 5.32 Å². The number of benzene rings is 2. The van der Waals surface area contributed by atoms with Gasteiger partial charge in [-0.3, -0.25) is 0 Å². The van der Waals surface area contributed by atoms with Crippen LogP contribution in [0.3, 0.4) is 0 Å². The molecular formula is C24H29NO6S. The van der Waals surface area contributed by atoms with Gasteiger partial charge in [0.2, 0.25) is 0 Å². The Bertz CT molecular complexity index is 1280. The fourth-order valence-electron chi connectivity index (χ4n) is 4.69. The van der Waals surface area contributed by atoms with Gasteiger partial charge in [0, 0.05) is 23.1 Å². The van der Waals surface area contributed by atoms with Gasteiger partial charge < -0.3 is 24.3 Å². The molecule has 1 aliphatic heterocycles. The third-order valence-electron chi connectivity index (χ3n) is 6.20. The number of sulfone groups is 1. The van der Waals surface area contributed by atoms with Crippen LogP contribution < -0.4 is 34.7 Å². The zero-order chi connectivity index (χ0) is 23.0. The summed E-state index contributed by atoms with van der Waals surface area (Å²) in [5, 5.41) is 5.73. The van der Waals surface area contributed by atoms with E-state index in [1.807, 2.05) is 18.2 Å². The molecule has 2 aromatic carbocycles. The van der Waals surface area contributed by atoms with Gasteiger partial charge in [-0.1, -0.05) is 6.42 Å². The number of hydrogen-bond donors (Lipinski definition) is 1. The number of rotatable bonds is 6. The third kappa shape index (κ3) is 3.77. The molecule has 1 N–H and O–H groups in total. The molecule has 1 fully saturated rings. The van der Waals surface area contributed by atoms with Gasteiger partial charge in [-0.2, -0.15) is 0 Å². The van der Waals surface area contributed by atoms with Crippen molar-refractivity contribution < 1.29 is 27.4 Å². The van der Waals surface area contributed by atoms with E-state index in [-0.39, 0.29) is 16.7 Å². The van der Waals surface area contributed by atoms with Crippen molar-refractivity contribution >= 4 is 21.1 Å². The summed E-state index contributed by atoms with van der Waals surface area (Å²) in [6.45, 7) is 0. The molecule has 0 aromatic heterocycles. The SMILES string of the molecule is COc1cc2c(cc1OC)=C1CCCCC1NC=2c1cc(OC)c(OC)c(S(C)(=O)=O)c1. The lowest BCUT2D eigenvalue weighted by Crippen LogP contribution is -2.47. The van der Waals surface area contributed by atoms with Crippen LogP contribution in [0, 0.1) is 0 Å². The second-order valence-corrected chi connectivity index (χ2v) is 10.1. The van der Waals surface area contributed by atoms with Crippen LogP contribution in [0.5, 0.6) is 23.0 Å². The van der Waals surface area contributed by atoms with Gasteiger partial charge in [0.25, 0.3) is 0 Å². The van der Waals surface area contributed by atoms with E-state index in [9.17, 15) is 8.42 Å². The molecule has 1 aliphatic carbocycles. The van der Waals surface area contributed by atoms with E-state index in [1.54, 1.807) is 20.3 Å². The molecule has 0 radical (unpaired) electrons. The summed E-state index contributed by atoms with van der Waals surface area (Å²) < 4.78 is 47.2. The maximum absolute atomic E-state index is 12.6. The highest BCUT2D eigenvalue weighted by molar-refractivity contribution is 7.90. The molecule has 1 unspecified atom stereocenters. The maximum atomic E-state index is 12.6. The molecule has 172 valence electrons. The van der Waals surface area contributed by atoms with Crippen LogP contribution in [-0.2, 0) is 9.84 Å². The van der Waals surface area contributed by atoms with Gasteiger partial charge in [-0.05, 0) is 54.3 Å². The molecule has 1 saturated carbocycles. The van der Waals surface area contributed by atoms with Crippen molar-refractivity contribution in [1.29, 1.82) is 0 Å². The van der Waals surface area contributed by atoms with E-state index in [0.717, 1.165) is 41.8 Å². The lowest BCUT2D eigenvalue weighted by Gasteiger charge is -2.32. The summed E-state index contributed by atoms with van der Waals surface area (Å²) in [7, 11) is 2.62. The van der Waals surface area contributed by atoms with Crippen LogP contribution in [0.2, 0.25) is 0 Å². The van der Waals surface area contributed by atoms with Gasteiger partial charge in [-0.15, -0.1) is 0 Å². The van der Waals surface area contributed by atoms with Gasteiger partial charge in [-0.25, -0.2) is 8.42 Å². The highest BCUT2D eigenvalue weighted by atomic mass is 32.2. The summed E-state index contributed by atoms with van der Waals surface area (Å²) in [4.78, 5) is 0.0871. The first-order valence-corrected chi connectivity index (χ1v) is 12.4. The predicted molar refractivity (Wildman–Crippen MR) is 123 cm³/mol. The van der Waals surface area contributed by atoms with Crippen molar-refractivity contribution in [2.45, 2.75) is 36.6 Å². The maximum Gasteiger partial charge on any atom is 0.179 e. The normalized spacial score (nSPS) is 17.7. The summed E-state index contributed by atoms with van der Waals surface area (Å²) >= 11 is 0. The second-order valence-electron chi connectivity index (χ2n) is 8.08. The molecule has 0 saturated heterocycles. The second kappa shape index (κ2) is 8.58. The summed E-state index contributed by atoms with van der Waals surface area (Å²) in [5.41, 5.74) is 2.89. The predicted octanol–water partition coefficient (Wildman–Crippen LogP) is 1.98. The van der Waals surface area contributed by atoms with Crippen molar-refractivity contribution in [3.63, 3.8) is 0 Å². The molecule has 4 rings (SSSR count). The molecule has 2 aliphatic rings. The number of methoxy groups -OCH3 is 4. The molecule has 7 nitrogen and oxygen atoms in total. The van der Waals surface area contributed by atoms with Gasteiger partial charge >= 0.3 is 0 Å². The minimum atomic E-state index is -3.56. The molecule has 8 heteroatoms. The van der Waals surface area contributed by atoms with Gasteiger partial charge in [0.1, 0.15) is 4.90 Å². The average Bonchev–Trinajstić information content (AvgIpc) is 2.80. The Hall–Kier alpha value is -2.87. The lowest BCUT2D eigenvalue weighted by molar-refractivity contribution is 0.346. The van der Waals surface area contributed by atoms with Crippen molar-refractivity contribution in [2.24, 2.45) is 0 Å². The first kappa shape index (κ1) is 22.3. The summed E-state index contributed by atoms with van der Waals surface area (Å²) in [5.74, 6) is 1.85. The van der Waals surface area contributed by atoms with Crippen LogP contribution in [0.25, 0.3) is 11.3 Å². The lowest BCUT2D eigenvalue weighted by atomic mass is 9.85. The number of fused-ring (bicyclic) bond motifs is 2. The Labute approximate surface area is 188 Å². The Morgan fingerprint density at radius 2 is 1.50 bits per heavy atom. The molecule has 1 heterocycles. The van der Waals surface area contributed by atoms with E-state index >= 15 is 0 Å². The van der Waals surface area contributed by atoms with Crippen LogP contribution in [0.15, 0.2) is 29.2 Å². The van der Waals surface area contributed by atoms with E-state index in [4.69, 9.17) is 18.9 Å². The largest absolute Gasteiger partial charge is 0.493 e. The number of hydrogen-bond acceptors (Lipinski definition) is 7. The molecule has 0 spiro atoms. The number of ether oxygens (including phenoxy) is 4. The highest BCUT2D eigenvalue weighted by Gasteiger charge is 2.28. The molecule has 0 amide bonds. The molecule has 32 heavy (non-hydrogen) atoms. The fraction of sp³-hybridized carbons (Fsp3) is 0.417. The minimum Gasteiger partial charge on any atom is -0.493 e. The first-order valence-electron chi connectivity index (χ1n) is 10.5. The van der Waals surface area contributed by atoms with E-state index in [1.165, 1.54) is 26.0 Å². The molecule has 1 atom stereocenters. The van der Waals surface area contributed by atoms with Crippen LogP contribution in [0.1, 0.15) is 31.2 Å². The fourth-order valence-corrected chi connectivity index (χ4v) is 5.55. The van der Waals surface area contributed by atoms with E-state index in [0.29, 0.717) is 22.8 Å². The average molecular weight is 460 g/mol. The topological polar surface area (TPSA) is 83.1 Å². The quantitative estimate of drug-likeness (QED) is 0.707. The van der Waals surface area contributed by atoms with Crippen molar-refractivity contribution in [3.05, 3.63) is 40.3 Å². The van der Waals surface area contributed by atoms with E-state index in [2.05, 4.69) is 5.32 Å². The Kier molecular flexibility index (Phi) is 5.99. The summed E-state index contributed by atoms with van der Waals surface area (Å²) in [6.07, 6.45) is 5.47. The Morgan fingerprint density at radius 1 is 0.844 bits per heavy atom. The third-order valence-corrected chi connectivity index (χ3v) is 7.30. The zero-order valence-corrected chi connectivity index (χ0v) is 19.9. The monoisotopic (exact) mass is 459 g/mol. The van der Waals surface area contributed by atoms with Gasteiger partial charge in [0.05, 0.1) is 34.1 Å². The molecule has 2 aromatic rings.